The standard InChI is InChI=1S/C19H24N2OS/c1-4-22-18-8-6-5-7-16(18)13-20-19(23)21-17-11-9-15(10-12-17)14(2)3/h5-12,14H,4,13H2,1-3H3,(H2,20,21,23). The van der Waals surface area contributed by atoms with E-state index >= 15 is 0 Å². The second-order valence-corrected chi connectivity index (χ2v) is 6.03. The number of thiocarbonyl (C=S) groups is 1. The summed E-state index contributed by atoms with van der Waals surface area (Å²) in [6.45, 7) is 7.64. The van der Waals surface area contributed by atoms with Gasteiger partial charge in [0.2, 0.25) is 0 Å². The third-order valence-corrected chi connectivity index (χ3v) is 3.79. The topological polar surface area (TPSA) is 33.3 Å². The van der Waals surface area contributed by atoms with Crippen molar-refractivity contribution >= 4 is 23.0 Å². The molecule has 0 aliphatic carbocycles. The van der Waals surface area contributed by atoms with Crippen LogP contribution in [0.3, 0.4) is 0 Å². The van der Waals surface area contributed by atoms with Crippen molar-refractivity contribution in [3.63, 3.8) is 0 Å². The predicted octanol–water partition coefficient (Wildman–Crippen LogP) is 4.70. The first-order chi connectivity index (χ1) is 11.1. The summed E-state index contributed by atoms with van der Waals surface area (Å²) in [5.74, 6) is 1.43. The van der Waals surface area contributed by atoms with Crippen LogP contribution in [0.2, 0.25) is 0 Å². The van der Waals surface area contributed by atoms with Gasteiger partial charge in [-0.05, 0) is 48.8 Å². The first kappa shape index (κ1) is 17.3. The van der Waals surface area contributed by atoms with Crippen LogP contribution >= 0.6 is 12.2 Å². The molecule has 0 atom stereocenters. The van der Waals surface area contributed by atoms with E-state index in [-0.39, 0.29) is 0 Å². The molecule has 0 aromatic heterocycles. The zero-order chi connectivity index (χ0) is 16.7. The van der Waals surface area contributed by atoms with Gasteiger partial charge in [0.05, 0.1) is 6.61 Å². The largest absolute Gasteiger partial charge is 0.494 e. The van der Waals surface area contributed by atoms with Crippen LogP contribution in [-0.2, 0) is 6.54 Å². The number of para-hydroxylation sites is 1. The highest BCUT2D eigenvalue weighted by Gasteiger charge is 2.04. The van der Waals surface area contributed by atoms with Crippen LogP contribution < -0.4 is 15.4 Å². The lowest BCUT2D eigenvalue weighted by Gasteiger charge is -2.14. The van der Waals surface area contributed by atoms with Gasteiger partial charge in [0.1, 0.15) is 5.75 Å². The fourth-order valence-corrected chi connectivity index (χ4v) is 2.44. The molecule has 0 fully saturated rings. The van der Waals surface area contributed by atoms with Crippen molar-refractivity contribution in [1.29, 1.82) is 0 Å². The third kappa shape index (κ3) is 5.25. The van der Waals surface area contributed by atoms with Crippen LogP contribution in [0.5, 0.6) is 5.75 Å². The normalized spacial score (nSPS) is 10.4. The van der Waals surface area contributed by atoms with Crippen LogP contribution in [0.25, 0.3) is 0 Å². The van der Waals surface area contributed by atoms with Gasteiger partial charge in [-0.3, -0.25) is 0 Å². The highest BCUT2D eigenvalue weighted by molar-refractivity contribution is 7.80. The summed E-state index contributed by atoms with van der Waals surface area (Å²) in [5.41, 5.74) is 3.40. The van der Waals surface area contributed by atoms with Gasteiger partial charge < -0.3 is 15.4 Å². The molecule has 0 saturated carbocycles. The molecule has 0 bridgehead atoms. The van der Waals surface area contributed by atoms with Crippen LogP contribution in [0.1, 0.15) is 37.8 Å². The molecule has 3 nitrogen and oxygen atoms in total. The molecule has 4 heteroatoms. The van der Waals surface area contributed by atoms with E-state index in [1.165, 1.54) is 5.56 Å². The average molecular weight is 328 g/mol. The molecular weight excluding hydrogens is 304 g/mol. The Labute approximate surface area is 144 Å². The van der Waals surface area contributed by atoms with Gasteiger partial charge in [-0.25, -0.2) is 0 Å². The maximum absolute atomic E-state index is 5.62. The highest BCUT2D eigenvalue weighted by Crippen LogP contribution is 2.18. The molecule has 122 valence electrons. The van der Waals surface area contributed by atoms with Gasteiger partial charge in [0, 0.05) is 17.8 Å². The molecule has 2 rings (SSSR count). The summed E-state index contributed by atoms with van der Waals surface area (Å²) in [6, 6.07) is 16.3. The summed E-state index contributed by atoms with van der Waals surface area (Å²) >= 11 is 5.36. The Morgan fingerprint density at radius 3 is 2.43 bits per heavy atom. The van der Waals surface area contributed by atoms with E-state index in [0.717, 1.165) is 17.0 Å². The molecule has 0 unspecified atom stereocenters. The number of rotatable bonds is 6. The fraction of sp³-hybridized carbons (Fsp3) is 0.316. The van der Waals surface area contributed by atoms with Gasteiger partial charge in [-0.1, -0.05) is 44.2 Å². The molecular formula is C19H24N2OS. The minimum Gasteiger partial charge on any atom is -0.494 e. The average Bonchev–Trinajstić information content (AvgIpc) is 2.55. The van der Waals surface area contributed by atoms with Crippen molar-refractivity contribution in [2.24, 2.45) is 0 Å². The van der Waals surface area contributed by atoms with Crippen LogP contribution in [0, 0.1) is 0 Å². The van der Waals surface area contributed by atoms with Gasteiger partial charge >= 0.3 is 0 Å². The second kappa shape index (κ2) is 8.53. The molecule has 2 aromatic carbocycles. The van der Waals surface area contributed by atoms with Gasteiger partial charge in [0.15, 0.2) is 5.11 Å². The molecule has 0 radical (unpaired) electrons. The van der Waals surface area contributed by atoms with E-state index in [4.69, 9.17) is 17.0 Å². The highest BCUT2D eigenvalue weighted by atomic mass is 32.1. The minimum atomic E-state index is 0.532. The molecule has 2 N–H and O–H groups in total. The van der Waals surface area contributed by atoms with Crippen molar-refractivity contribution in [2.75, 3.05) is 11.9 Å². The van der Waals surface area contributed by atoms with Crippen LogP contribution in [0.15, 0.2) is 48.5 Å². The molecule has 0 saturated heterocycles. The van der Waals surface area contributed by atoms with E-state index in [0.29, 0.717) is 24.2 Å². The number of ether oxygens (including phenoxy) is 1. The molecule has 23 heavy (non-hydrogen) atoms. The number of hydrogen-bond acceptors (Lipinski definition) is 2. The summed E-state index contributed by atoms with van der Waals surface area (Å²) in [5, 5.41) is 7.04. The van der Waals surface area contributed by atoms with Gasteiger partial charge in [-0.15, -0.1) is 0 Å². The SMILES string of the molecule is CCOc1ccccc1CNC(=S)Nc1ccc(C(C)C)cc1. The lowest BCUT2D eigenvalue weighted by Crippen LogP contribution is -2.28. The Hall–Kier alpha value is -2.07. The lowest BCUT2D eigenvalue weighted by atomic mass is 10.0. The number of hydrogen-bond donors (Lipinski definition) is 2. The second-order valence-electron chi connectivity index (χ2n) is 5.63. The molecule has 0 spiro atoms. The molecule has 0 heterocycles. The summed E-state index contributed by atoms with van der Waals surface area (Å²) in [7, 11) is 0. The Morgan fingerprint density at radius 1 is 1.09 bits per heavy atom. The lowest BCUT2D eigenvalue weighted by molar-refractivity contribution is 0.336. The molecule has 0 amide bonds. The maximum atomic E-state index is 5.62. The van der Waals surface area contributed by atoms with E-state index in [1.54, 1.807) is 0 Å². The fourth-order valence-electron chi connectivity index (χ4n) is 2.25. The van der Waals surface area contributed by atoms with E-state index < -0.39 is 0 Å². The van der Waals surface area contributed by atoms with Crippen molar-refractivity contribution < 1.29 is 4.74 Å². The van der Waals surface area contributed by atoms with Crippen LogP contribution in [-0.4, -0.2) is 11.7 Å². The number of anilines is 1. The Kier molecular flexibility index (Phi) is 6.41. The summed E-state index contributed by atoms with van der Waals surface area (Å²) in [4.78, 5) is 0. The first-order valence-electron chi connectivity index (χ1n) is 7.95. The van der Waals surface area contributed by atoms with E-state index in [2.05, 4.69) is 48.7 Å². The van der Waals surface area contributed by atoms with Crippen molar-refractivity contribution in [2.45, 2.75) is 33.2 Å². The van der Waals surface area contributed by atoms with Crippen molar-refractivity contribution in [3.8, 4) is 5.75 Å². The molecule has 0 aliphatic rings. The number of benzene rings is 2. The Bertz CT molecular complexity index is 638. The zero-order valence-electron chi connectivity index (χ0n) is 13.9. The number of nitrogens with one attached hydrogen (secondary N) is 2. The first-order valence-corrected chi connectivity index (χ1v) is 8.36. The van der Waals surface area contributed by atoms with Gasteiger partial charge in [-0.2, -0.15) is 0 Å². The smallest absolute Gasteiger partial charge is 0.171 e. The monoisotopic (exact) mass is 328 g/mol. The van der Waals surface area contributed by atoms with Crippen LogP contribution in [0.4, 0.5) is 5.69 Å². The van der Waals surface area contributed by atoms with Gasteiger partial charge in [0.25, 0.3) is 0 Å². The minimum absolute atomic E-state index is 0.532. The van der Waals surface area contributed by atoms with Crippen molar-refractivity contribution in [1.82, 2.24) is 5.32 Å². The third-order valence-electron chi connectivity index (χ3n) is 3.55. The van der Waals surface area contributed by atoms with Crippen molar-refractivity contribution in [3.05, 3.63) is 59.7 Å². The zero-order valence-corrected chi connectivity index (χ0v) is 14.7. The maximum Gasteiger partial charge on any atom is 0.171 e. The predicted molar refractivity (Wildman–Crippen MR) is 101 cm³/mol. The Morgan fingerprint density at radius 2 is 1.78 bits per heavy atom. The van der Waals surface area contributed by atoms with E-state index in [1.807, 2.05) is 31.2 Å². The quantitative estimate of drug-likeness (QED) is 0.753. The Balaban J connectivity index is 1.90. The molecule has 0 aliphatic heterocycles. The summed E-state index contributed by atoms with van der Waals surface area (Å²) in [6.07, 6.45) is 0. The summed E-state index contributed by atoms with van der Waals surface area (Å²) < 4.78 is 5.62. The van der Waals surface area contributed by atoms with E-state index in [9.17, 15) is 0 Å². The molecule has 2 aromatic rings.